The van der Waals surface area contributed by atoms with Crippen LogP contribution < -0.4 is 5.73 Å². The van der Waals surface area contributed by atoms with Crippen LogP contribution in [0.25, 0.3) is 11.1 Å². The van der Waals surface area contributed by atoms with Crippen molar-refractivity contribution >= 4 is 5.88 Å². The first kappa shape index (κ1) is 12.3. The highest BCUT2D eigenvalue weighted by Gasteiger charge is 2.37. The molecule has 3 heteroatoms. The summed E-state index contributed by atoms with van der Waals surface area (Å²) >= 11 is 0. The summed E-state index contributed by atoms with van der Waals surface area (Å²) in [6, 6.07) is 8.28. The SMILES string of the molecule is Cc1ccccc1-c1c(C2(C)CCCC2)noc1N. The van der Waals surface area contributed by atoms with Gasteiger partial charge in [-0.05, 0) is 30.9 Å². The molecule has 1 aliphatic carbocycles. The topological polar surface area (TPSA) is 52.0 Å². The van der Waals surface area contributed by atoms with Gasteiger partial charge < -0.3 is 10.3 Å². The van der Waals surface area contributed by atoms with Crippen molar-refractivity contribution in [1.82, 2.24) is 5.16 Å². The van der Waals surface area contributed by atoms with Gasteiger partial charge in [-0.2, -0.15) is 0 Å². The zero-order chi connectivity index (χ0) is 13.5. The van der Waals surface area contributed by atoms with Crippen molar-refractivity contribution in [1.29, 1.82) is 0 Å². The highest BCUT2D eigenvalue weighted by molar-refractivity contribution is 5.78. The summed E-state index contributed by atoms with van der Waals surface area (Å²) < 4.78 is 5.31. The van der Waals surface area contributed by atoms with Gasteiger partial charge in [0.15, 0.2) is 0 Å². The van der Waals surface area contributed by atoms with Gasteiger partial charge in [-0.25, -0.2) is 0 Å². The molecular formula is C16H20N2O. The standard InChI is InChI=1S/C16H20N2O/c1-11-7-3-4-8-12(11)13-14(18-19-15(13)17)16(2)9-5-6-10-16/h3-4,7-8H,5-6,9-10,17H2,1-2H3. The van der Waals surface area contributed by atoms with Gasteiger partial charge in [0.05, 0.1) is 11.3 Å². The number of nitrogens with zero attached hydrogens (tertiary/aromatic N) is 1. The number of benzene rings is 1. The molecule has 0 spiro atoms. The highest BCUT2D eigenvalue weighted by atomic mass is 16.5. The third-order valence-corrected chi connectivity index (χ3v) is 4.41. The summed E-state index contributed by atoms with van der Waals surface area (Å²) in [5.74, 6) is 0.442. The van der Waals surface area contributed by atoms with Gasteiger partial charge in [-0.3, -0.25) is 0 Å². The minimum atomic E-state index is 0.110. The Balaban J connectivity index is 2.17. The first-order valence-corrected chi connectivity index (χ1v) is 6.93. The van der Waals surface area contributed by atoms with Crippen LogP contribution in [0.15, 0.2) is 28.8 Å². The van der Waals surface area contributed by atoms with Crippen molar-refractivity contribution in [3.8, 4) is 11.1 Å². The third-order valence-electron chi connectivity index (χ3n) is 4.41. The molecule has 19 heavy (non-hydrogen) atoms. The third kappa shape index (κ3) is 1.93. The number of aromatic nitrogens is 1. The first-order valence-electron chi connectivity index (χ1n) is 6.93. The summed E-state index contributed by atoms with van der Waals surface area (Å²) in [7, 11) is 0. The largest absolute Gasteiger partial charge is 0.367 e. The summed E-state index contributed by atoms with van der Waals surface area (Å²) in [5.41, 5.74) is 10.5. The van der Waals surface area contributed by atoms with Crippen molar-refractivity contribution in [2.75, 3.05) is 5.73 Å². The molecular weight excluding hydrogens is 236 g/mol. The van der Waals surface area contributed by atoms with Crippen LogP contribution in [-0.4, -0.2) is 5.16 Å². The molecule has 100 valence electrons. The van der Waals surface area contributed by atoms with Crippen molar-refractivity contribution in [3.05, 3.63) is 35.5 Å². The zero-order valence-corrected chi connectivity index (χ0v) is 11.6. The second-order valence-electron chi connectivity index (χ2n) is 5.85. The van der Waals surface area contributed by atoms with Crippen molar-refractivity contribution in [2.45, 2.75) is 44.9 Å². The van der Waals surface area contributed by atoms with E-state index >= 15 is 0 Å². The predicted octanol–water partition coefficient (Wildman–Crippen LogP) is 4.06. The van der Waals surface area contributed by atoms with E-state index < -0.39 is 0 Å². The quantitative estimate of drug-likeness (QED) is 0.881. The molecule has 0 aliphatic heterocycles. The lowest BCUT2D eigenvalue weighted by atomic mass is 9.81. The molecule has 0 atom stereocenters. The van der Waals surface area contributed by atoms with Crippen LogP contribution in [0.3, 0.4) is 0 Å². The van der Waals surface area contributed by atoms with Gasteiger partial charge in [0.1, 0.15) is 0 Å². The molecule has 1 heterocycles. The molecule has 0 bridgehead atoms. The van der Waals surface area contributed by atoms with Crippen LogP contribution in [0.5, 0.6) is 0 Å². The molecule has 2 aromatic rings. The Morgan fingerprint density at radius 2 is 1.89 bits per heavy atom. The summed E-state index contributed by atoms with van der Waals surface area (Å²) in [5, 5.41) is 4.29. The molecule has 0 unspecified atom stereocenters. The molecule has 0 saturated heterocycles. The van der Waals surface area contributed by atoms with E-state index in [2.05, 4.69) is 31.1 Å². The van der Waals surface area contributed by atoms with Crippen LogP contribution in [0.1, 0.15) is 43.9 Å². The fourth-order valence-corrected chi connectivity index (χ4v) is 3.22. The lowest BCUT2D eigenvalue weighted by Crippen LogP contribution is -2.18. The van der Waals surface area contributed by atoms with E-state index in [0.717, 1.165) is 29.7 Å². The zero-order valence-electron chi connectivity index (χ0n) is 11.6. The number of rotatable bonds is 2. The van der Waals surface area contributed by atoms with Crippen LogP contribution in [0, 0.1) is 6.92 Å². The first-order chi connectivity index (χ1) is 9.12. The summed E-state index contributed by atoms with van der Waals surface area (Å²) in [4.78, 5) is 0. The number of aryl methyl sites for hydroxylation is 1. The molecule has 0 amide bonds. The van der Waals surface area contributed by atoms with Gasteiger partial charge in [0.2, 0.25) is 5.88 Å². The van der Waals surface area contributed by atoms with Gasteiger partial charge in [0, 0.05) is 5.41 Å². The Bertz CT molecular complexity index is 595. The van der Waals surface area contributed by atoms with Gasteiger partial charge in [-0.1, -0.05) is 49.2 Å². The Kier molecular flexibility index (Phi) is 2.85. The number of nitrogen functional groups attached to an aromatic ring is 1. The number of anilines is 1. The lowest BCUT2D eigenvalue weighted by Gasteiger charge is -2.22. The van der Waals surface area contributed by atoms with Gasteiger partial charge in [0.25, 0.3) is 0 Å². The van der Waals surface area contributed by atoms with Crippen molar-refractivity contribution < 1.29 is 4.52 Å². The lowest BCUT2D eigenvalue weighted by molar-refractivity contribution is 0.386. The minimum Gasteiger partial charge on any atom is -0.367 e. The molecule has 1 saturated carbocycles. The maximum Gasteiger partial charge on any atom is 0.230 e. The fraction of sp³-hybridized carbons (Fsp3) is 0.438. The predicted molar refractivity (Wildman–Crippen MR) is 76.9 cm³/mol. The van der Waals surface area contributed by atoms with Crippen LogP contribution in [-0.2, 0) is 5.41 Å². The highest BCUT2D eigenvalue weighted by Crippen LogP contribution is 2.46. The molecule has 3 nitrogen and oxygen atoms in total. The fourth-order valence-electron chi connectivity index (χ4n) is 3.22. The van der Waals surface area contributed by atoms with E-state index in [9.17, 15) is 0 Å². The number of nitrogens with two attached hydrogens (primary N) is 1. The van der Waals surface area contributed by atoms with E-state index in [4.69, 9.17) is 10.3 Å². The van der Waals surface area contributed by atoms with E-state index in [0.29, 0.717) is 5.88 Å². The van der Waals surface area contributed by atoms with Gasteiger partial charge in [-0.15, -0.1) is 0 Å². The number of hydrogen-bond acceptors (Lipinski definition) is 3. The smallest absolute Gasteiger partial charge is 0.230 e. The maximum absolute atomic E-state index is 6.04. The molecule has 2 N–H and O–H groups in total. The normalized spacial score (nSPS) is 17.8. The number of hydrogen-bond donors (Lipinski definition) is 1. The molecule has 3 rings (SSSR count). The van der Waals surface area contributed by atoms with Crippen LogP contribution >= 0.6 is 0 Å². The van der Waals surface area contributed by atoms with Crippen LogP contribution in [0.2, 0.25) is 0 Å². The molecule has 1 aliphatic rings. The van der Waals surface area contributed by atoms with E-state index in [1.54, 1.807) is 0 Å². The van der Waals surface area contributed by atoms with Crippen LogP contribution in [0.4, 0.5) is 5.88 Å². The Labute approximate surface area is 113 Å². The van der Waals surface area contributed by atoms with Crippen molar-refractivity contribution in [2.24, 2.45) is 0 Å². The average Bonchev–Trinajstić information content (AvgIpc) is 2.98. The average molecular weight is 256 g/mol. The Morgan fingerprint density at radius 1 is 1.21 bits per heavy atom. The maximum atomic E-state index is 6.04. The molecule has 1 fully saturated rings. The van der Waals surface area contributed by atoms with E-state index in [1.165, 1.54) is 18.4 Å². The molecule has 0 radical (unpaired) electrons. The minimum absolute atomic E-state index is 0.110. The van der Waals surface area contributed by atoms with E-state index in [1.807, 2.05) is 12.1 Å². The second-order valence-corrected chi connectivity index (χ2v) is 5.85. The monoisotopic (exact) mass is 256 g/mol. The second kappa shape index (κ2) is 4.41. The summed E-state index contributed by atoms with van der Waals surface area (Å²) in [6.45, 7) is 4.38. The van der Waals surface area contributed by atoms with Gasteiger partial charge >= 0.3 is 0 Å². The molecule has 1 aromatic heterocycles. The summed E-state index contributed by atoms with van der Waals surface area (Å²) in [6.07, 6.45) is 4.85. The van der Waals surface area contributed by atoms with Crippen molar-refractivity contribution in [3.63, 3.8) is 0 Å². The van der Waals surface area contributed by atoms with E-state index in [-0.39, 0.29) is 5.41 Å². The Morgan fingerprint density at radius 3 is 2.58 bits per heavy atom. The molecule has 1 aromatic carbocycles. The Hall–Kier alpha value is -1.77.